The van der Waals surface area contributed by atoms with Gasteiger partial charge in [0.25, 0.3) is 0 Å². The lowest BCUT2D eigenvalue weighted by Crippen LogP contribution is -2.15. The first-order valence-electron chi connectivity index (χ1n) is 7.33. The van der Waals surface area contributed by atoms with E-state index in [1.54, 1.807) is 19.2 Å². The largest absolute Gasteiger partial charge is 0.508 e. The number of aromatic nitrogens is 1. The molecule has 2 aromatic heterocycles. The van der Waals surface area contributed by atoms with Gasteiger partial charge >= 0.3 is 5.97 Å². The molecule has 0 spiro atoms. The number of esters is 1. The Bertz CT molecular complexity index is 1000. The van der Waals surface area contributed by atoms with Gasteiger partial charge in [-0.15, -0.1) is 11.3 Å². The van der Waals surface area contributed by atoms with E-state index in [9.17, 15) is 14.7 Å². The summed E-state index contributed by atoms with van der Waals surface area (Å²) in [5, 5.41) is 12.6. The standard InChI is InChI=1S/C17H15NO5S/c1-4-22-17(21)16-13(11-7-24-9(3)18-11)14(20)10-5-6-12(19)8(2)15(10)23-16/h5-7,19H,4H2,1-3H3. The van der Waals surface area contributed by atoms with Crippen LogP contribution in [0.1, 0.15) is 28.0 Å². The third-order valence-electron chi connectivity index (χ3n) is 3.62. The van der Waals surface area contributed by atoms with E-state index in [1.165, 1.54) is 23.5 Å². The summed E-state index contributed by atoms with van der Waals surface area (Å²) in [5.41, 5.74) is 0.625. The molecular weight excluding hydrogens is 330 g/mol. The number of thiazole rings is 1. The number of carbonyl (C=O) groups excluding carboxylic acids is 1. The van der Waals surface area contributed by atoms with Crippen LogP contribution in [0.5, 0.6) is 5.75 Å². The molecule has 3 aromatic rings. The first-order valence-corrected chi connectivity index (χ1v) is 8.21. The fraction of sp³-hybridized carbons (Fsp3) is 0.235. The molecular formula is C17H15NO5S. The van der Waals surface area contributed by atoms with Crippen LogP contribution in [0.3, 0.4) is 0 Å². The monoisotopic (exact) mass is 345 g/mol. The molecule has 1 N–H and O–H groups in total. The number of aromatic hydroxyl groups is 1. The van der Waals surface area contributed by atoms with Crippen LogP contribution in [0.25, 0.3) is 22.2 Å². The second kappa shape index (κ2) is 6.09. The van der Waals surface area contributed by atoms with Crippen LogP contribution in [-0.4, -0.2) is 22.7 Å². The molecule has 124 valence electrons. The molecule has 24 heavy (non-hydrogen) atoms. The maximum atomic E-state index is 12.9. The lowest BCUT2D eigenvalue weighted by atomic mass is 10.1. The van der Waals surface area contributed by atoms with E-state index in [0.29, 0.717) is 11.3 Å². The predicted octanol–water partition coefficient (Wildman–Crippen LogP) is 3.42. The zero-order valence-electron chi connectivity index (χ0n) is 13.4. The van der Waals surface area contributed by atoms with Crippen molar-refractivity contribution in [1.29, 1.82) is 0 Å². The van der Waals surface area contributed by atoms with Crippen LogP contribution in [0.2, 0.25) is 0 Å². The molecule has 1 aromatic carbocycles. The van der Waals surface area contributed by atoms with Gasteiger partial charge in [-0.25, -0.2) is 9.78 Å². The lowest BCUT2D eigenvalue weighted by Gasteiger charge is -2.10. The summed E-state index contributed by atoms with van der Waals surface area (Å²) in [6.45, 7) is 5.24. The third kappa shape index (κ3) is 2.56. The van der Waals surface area contributed by atoms with Crippen LogP contribution in [0.15, 0.2) is 26.7 Å². The van der Waals surface area contributed by atoms with Gasteiger partial charge in [0.2, 0.25) is 11.2 Å². The molecule has 0 aliphatic carbocycles. The van der Waals surface area contributed by atoms with Gasteiger partial charge in [0.15, 0.2) is 0 Å². The number of aryl methyl sites for hydroxylation is 2. The number of hydrogen-bond acceptors (Lipinski definition) is 7. The molecule has 2 heterocycles. The van der Waals surface area contributed by atoms with Crippen molar-refractivity contribution in [2.24, 2.45) is 0 Å². The number of phenolic OH excluding ortho intramolecular Hbond substituents is 1. The summed E-state index contributed by atoms with van der Waals surface area (Å²) in [6, 6.07) is 2.90. The minimum atomic E-state index is -0.736. The quantitative estimate of drug-likeness (QED) is 0.732. The van der Waals surface area contributed by atoms with Crippen LogP contribution < -0.4 is 5.43 Å². The number of phenols is 1. The number of fused-ring (bicyclic) bond motifs is 1. The summed E-state index contributed by atoms with van der Waals surface area (Å²) in [7, 11) is 0. The van der Waals surface area contributed by atoms with Crippen LogP contribution >= 0.6 is 11.3 Å². The van der Waals surface area contributed by atoms with E-state index >= 15 is 0 Å². The molecule has 0 radical (unpaired) electrons. The van der Waals surface area contributed by atoms with Gasteiger partial charge in [-0.1, -0.05) is 0 Å². The lowest BCUT2D eigenvalue weighted by molar-refractivity contribution is 0.0492. The van der Waals surface area contributed by atoms with Crippen molar-refractivity contribution in [3.63, 3.8) is 0 Å². The Kier molecular flexibility index (Phi) is 4.11. The summed E-state index contributed by atoms with van der Waals surface area (Å²) < 4.78 is 10.7. The maximum absolute atomic E-state index is 12.9. The highest BCUT2D eigenvalue weighted by Gasteiger charge is 2.25. The molecule has 6 nitrogen and oxygen atoms in total. The highest BCUT2D eigenvalue weighted by Crippen LogP contribution is 2.30. The minimum Gasteiger partial charge on any atom is -0.508 e. The van der Waals surface area contributed by atoms with Gasteiger partial charge in [-0.05, 0) is 32.9 Å². The molecule has 7 heteroatoms. The van der Waals surface area contributed by atoms with Crippen molar-refractivity contribution in [1.82, 2.24) is 4.98 Å². The first-order chi connectivity index (χ1) is 11.4. The molecule has 0 aliphatic rings. The van der Waals surface area contributed by atoms with Crippen molar-refractivity contribution < 1.29 is 19.1 Å². The Morgan fingerprint density at radius 2 is 2.12 bits per heavy atom. The van der Waals surface area contributed by atoms with E-state index in [2.05, 4.69) is 4.98 Å². The van der Waals surface area contributed by atoms with Crippen LogP contribution in [0.4, 0.5) is 0 Å². The third-order valence-corrected chi connectivity index (χ3v) is 4.39. The number of hydrogen-bond donors (Lipinski definition) is 1. The topological polar surface area (TPSA) is 89.6 Å². The number of carbonyl (C=O) groups is 1. The summed E-state index contributed by atoms with van der Waals surface area (Å²) in [6.07, 6.45) is 0. The summed E-state index contributed by atoms with van der Waals surface area (Å²) in [4.78, 5) is 29.5. The van der Waals surface area contributed by atoms with E-state index in [1.807, 2.05) is 6.92 Å². The van der Waals surface area contributed by atoms with E-state index in [0.717, 1.165) is 5.01 Å². The summed E-state index contributed by atoms with van der Waals surface area (Å²) in [5.74, 6) is -0.953. The molecule has 0 aliphatic heterocycles. The Balaban J connectivity index is 2.42. The summed E-state index contributed by atoms with van der Waals surface area (Å²) >= 11 is 1.37. The molecule has 0 amide bonds. The molecule has 0 bridgehead atoms. The average Bonchev–Trinajstić information content (AvgIpc) is 2.97. The second-order valence-corrected chi connectivity index (χ2v) is 6.26. The highest BCUT2D eigenvalue weighted by atomic mass is 32.1. The van der Waals surface area contributed by atoms with Gasteiger partial charge in [0.05, 0.1) is 28.3 Å². The number of nitrogens with zero attached hydrogens (tertiary/aromatic N) is 1. The van der Waals surface area contributed by atoms with Gasteiger partial charge in [0, 0.05) is 10.9 Å². The molecule has 0 atom stereocenters. The number of rotatable bonds is 3. The van der Waals surface area contributed by atoms with Crippen molar-refractivity contribution in [3.8, 4) is 17.0 Å². The SMILES string of the molecule is CCOC(=O)c1oc2c(C)c(O)ccc2c(=O)c1-c1csc(C)n1. The van der Waals surface area contributed by atoms with Crippen molar-refractivity contribution >= 4 is 28.3 Å². The minimum absolute atomic E-state index is 0.0160. The van der Waals surface area contributed by atoms with Crippen molar-refractivity contribution in [2.45, 2.75) is 20.8 Å². The van der Waals surface area contributed by atoms with Gasteiger partial charge in [-0.2, -0.15) is 0 Å². The van der Waals surface area contributed by atoms with Gasteiger partial charge < -0.3 is 14.3 Å². The van der Waals surface area contributed by atoms with E-state index in [-0.39, 0.29) is 40.1 Å². The smallest absolute Gasteiger partial charge is 0.375 e. The highest BCUT2D eigenvalue weighted by molar-refractivity contribution is 7.09. The Hall–Kier alpha value is -2.67. The van der Waals surface area contributed by atoms with Gasteiger partial charge in [-0.3, -0.25) is 4.79 Å². The Morgan fingerprint density at radius 1 is 1.38 bits per heavy atom. The zero-order valence-corrected chi connectivity index (χ0v) is 14.2. The molecule has 0 saturated carbocycles. The second-order valence-electron chi connectivity index (χ2n) is 5.19. The van der Waals surface area contributed by atoms with Crippen LogP contribution in [0, 0.1) is 13.8 Å². The normalized spacial score (nSPS) is 11.0. The van der Waals surface area contributed by atoms with Crippen LogP contribution in [-0.2, 0) is 4.74 Å². The fourth-order valence-corrected chi connectivity index (χ4v) is 3.04. The Labute approximate surface area is 141 Å². The van der Waals surface area contributed by atoms with E-state index < -0.39 is 5.97 Å². The van der Waals surface area contributed by atoms with Gasteiger partial charge in [0.1, 0.15) is 11.3 Å². The number of benzene rings is 1. The predicted molar refractivity (Wildman–Crippen MR) is 90.7 cm³/mol. The molecule has 0 saturated heterocycles. The molecule has 3 rings (SSSR count). The van der Waals surface area contributed by atoms with Crippen molar-refractivity contribution in [3.05, 3.63) is 44.1 Å². The maximum Gasteiger partial charge on any atom is 0.375 e. The first kappa shape index (κ1) is 16.2. The fourth-order valence-electron chi connectivity index (χ4n) is 2.43. The average molecular weight is 345 g/mol. The van der Waals surface area contributed by atoms with E-state index in [4.69, 9.17) is 9.15 Å². The Morgan fingerprint density at radius 3 is 2.75 bits per heavy atom. The van der Waals surface area contributed by atoms with Crippen molar-refractivity contribution in [2.75, 3.05) is 6.61 Å². The number of ether oxygens (including phenoxy) is 1. The molecule has 0 unspecified atom stereocenters. The molecule has 0 fully saturated rings. The zero-order chi connectivity index (χ0) is 17.4.